The lowest BCUT2D eigenvalue weighted by atomic mass is 10.1. The van der Waals surface area contributed by atoms with Gasteiger partial charge in [0.25, 0.3) is 17.7 Å². The van der Waals surface area contributed by atoms with Gasteiger partial charge in [-0.1, -0.05) is 42.5 Å². The topological polar surface area (TPSA) is 92.8 Å². The average Bonchev–Trinajstić information content (AvgIpc) is 3.51. The smallest absolute Gasteiger partial charge is 0.330 e. The second kappa shape index (κ2) is 7.50. The number of fused-ring (bicyclic) bond motifs is 1. The van der Waals surface area contributed by atoms with Crippen molar-refractivity contribution >= 4 is 23.7 Å². The molecule has 1 aliphatic carbocycles. The quantitative estimate of drug-likeness (QED) is 0.601. The highest BCUT2D eigenvalue weighted by Gasteiger charge is 2.42. The molecule has 148 valence electrons. The maximum atomic E-state index is 12.8. The number of ether oxygens (including phenoxy) is 1. The number of rotatable bonds is 6. The number of esters is 1. The van der Waals surface area contributed by atoms with Gasteiger partial charge in [-0.15, -0.1) is 0 Å². The Labute approximate surface area is 167 Å². The average molecular weight is 392 g/mol. The van der Waals surface area contributed by atoms with Gasteiger partial charge in [0, 0.05) is 11.6 Å². The molecular weight excluding hydrogens is 372 g/mol. The van der Waals surface area contributed by atoms with E-state index >= 15 is 0 Å². The van der Waals surface area contributed by atoms with Crippen LogP contribution in [-0.2, 0) is 14.3 Å². The molecule has 0 radical (unpaired) electrons. The zero-order chi connectivity index (χ0) is 20.5. The molecule has 0 aromatic heterocycles. The van der Waals surface area contributed by atoms with E-state index in [1.165, 1.54) is 6.92 Å². The van der Waals surface area contributed by atoms with E-state index in [0.29, 0.717) is 5.56 Å². The Bertz CT molecular complexity index is 949. The minimum atomic E-state index is -1.16. The fourth-order valence-electron chi connectivity index (χ4n) is 3.28. The molecule has 1 fully saturated rings. The predicted octanol–water partition coefficient (Wildman–Crippen LogP) is 2.23. The summed E-state index contributed by atoms with van der Waals surface area (Å²) >= 11 is 0. The number of nitrogens with one attached hydrogen (secondary N) is 1. The van der Waals surface area contributed by atoms with E-state index in [2.05, 4.69) is 5.32 Å². The molecule has 0 unspecified atom stereocenters. The minimum absolute atomic E-state index is 0.0982. The van der Waals surface area contributed by atoms with Crippen molar-refractivity contribution in [3.63, 3.8) is 0 Å². The molecule has 1 aliphatic heterocycles. The number of hydrogen-bond donors (Lipinski definition) is 1. The normalized spacial score (nSPS) is 17.5. The van der Waals surface area contributed by atoms with Crippen LogP contribution in [0.25, 0.3) is 0 Å². The van der Waals surface area contributed by atoms with Gasteiger partial charge < -0.3 is 10.1 Å². The molecule has 1 saturated carbocycles. The molecule has 3 amide bonds. The molecule has 1 heterocycles. The number of imide groups is 1. The summed E-state index contributed by atoms with van der Waals surface area (Å²) in [7, 11) is 0. The molecule has 0 saturated heterocycles. The fourth-order valence-corrected chi connectivity index (χ4v) is 3.28. The minimum Gasteiger partial charge on any atom is -0.446 e. The predicted molar refractivity (Wildman–Crippen MR) is 103 cm³/mol. The zero-order valence-corrected chi connectivity index (χ0v) is 15.8. The van der Waals surface area contributed by atoms with Crippen LogP contribution in [0.3, 0.4) is 0 Å². The standard InChI is InChI=1S/C22H20N2O5/c1-13(24-20(26)16-9-5-6-10-17(16)21(24)27)22(28)29-18(14-7-3-2-4-8-14)19(25)23-15-11-12-15/h2-10,13,15,18H,11-12H2,1H3,(H,23,25)/t13-,18-/m0/s1. The third-order valence-corrected chi connectivity index (χ3v) is 5.05. The molecule has 7 heteroatoms. The van der Waals surface area contributed by atoms with Crippen molar-refractivity contribution in [3.8, 4) is 0 Å². The Balaban J connectivity index is 1.54. The van der Waals surface area contributed by atoms with Crippen LogP contribution >= 0.6 is 0 Å². The zero-order valence-electron chi connectivity index (χ0n) is 15.8. The molecule has 7 nitrogen and oxygen atoms in total. The summed E-state index contributed by atoms with van der Waals surface area (Å²) in [6.45, 7) is 1.42. The summed E-state index contributed by atoms with van der Waals surface area (Å²) in [6.07, 6.45) is 0.640. The molecule has 29 heavy (non-hydrogen) atoms. The first kappa shape index (κ1) is 18.9. The molecule has 4 rings (SSSR count). The fraction of sp³-hybridized carbons (Fsp3) is 0.273. The van der Waals surface area contributed by atoms with E-state index in [1.807, 2.05) is 0 Å². The number of carbonyl (C=O) groups excluding carboxylic acids is 4. The van der Waals surface area contributed by atoms with E-state index in [1.54, 1.807) is 54.6 Å². The van der Waals surface area contributed by atoms with Crippen molar-refractivity contribution in [3.05, 3.63) is 71.3 Å². The largest absolute Gasteiger partial charge is 0.446 e. The van der Waals surface area contributed by atoms with Gasteiger partial charge in [-0.3, -0.25) is 19.3 Å². The summed E-state index contributed by atoms with van der Waals surface area (Å²) in [5, 5.41) is 2.83. The van der Waals surface area contributed by atoms with Gasteiger partial charge >= 0.3 is 5.97 Å². The maximum absolute atomic E-state index is 12.8. The lowest BCUT2D eigenvalue weighted by Gasteiger charge is -2.24. The number of benzene rings is 2. The molecule has 1 N–H and O–H groups in total. The third-order valence-electron chi connectivity index (χ3n) is 5.05. The second-order valence-electron chi connectivity index (χ2n) is 7.21. The van der Waals surface area contributed by atoms with Crippen LogP contribution in [0, 0.1) is 0 Å². The van der Waals surface area contributed by atoms with Gasteiger partial charge in [0.2, 0.25) is 6.10 Å². The van der Waals surface area contributed by atoms with Crippen molar-refractivity contribution in [1.82, 2.24) is 10.2 Å². The Morgan fingerprint density at radius 3 is 2.07 bits per heavy atom. The molecule has 2 aliphatic rings. The summed E-state index contributed by atoms with van der Waals surface area (Å²) in [4.78, 5) is 51.6. The van der Waals surface area contributed by atoms with Gasteiger partial charge in [-0.25, -0.2) is 4.79 Å². The first-order chi connectivity index (χ1) is 14.0. The first-order valence-corrected chi connectivity index (χ1v) is 9.50. The van der Waals surface area contributed by atoms with E-state index in [0.717, 1.165) is 17.7 Å². The van der Waals surface area contributed by atoms with Crippen LogP contribution in [0.4, 0.5) is 0 Å². The van der Waals surface area contributed by atoms with Gasteiger partial charge in [0.1, 0.15) is 6.04 Å². The van der Waals surface area contributed by atoms with Crippen LogP contribution in [0.15, 0.2) is 54.6 Å². The Morgan fingerprint density at radius 2 is 1.52 bits per heavy atom. The highest BCUT2D eigenvalue weighted by atomic mass is 16.5. The molecule has 0 spiro atoms. The summed E-state index contributed by atoms with van der Waals surface area (Å²) in [6, 6.07) is 14.0. The summed E-state index contributed by atoms with van der Waals surface area (Å²) < 4.78 is 5.50. The van der Waals surface area contributed by atoms with Crippen LogP contribution in [0.5, 0.6) is 0 Å². The van der Waals surface area contributed by atoms with E-state index in [9.17, 15) is 19.2 Å². The molecular formula is C22H20N2O5. The van der Waals surface area contributed by atoms with Crippen LogP contribution < -0.4 is 5.32 Å². The third kappa shape index (κ3) is 3.63. The monoisotopic (exact) mass is 392 g/mol. The second-order valence-corrected chi connectivity index (χ2v) is 7.21. The molecule has 2 aromatic rings. The van der Waals surface area contributed by atoms with Gasteiger partial charge in [0.15, 0.2) is 0 Å². The lowest BCUT2D eigenvalue weighted by molar-refractivity contribution is -0.159. The van der Waals surface area contributed by atoms with E-state index < -0.39 is 35.8 Å². The van der Waals surface area contributed by atoms with Gasteiger partial charge in [-0.05, 0) is 31.9 Å². The van der Waals surface area contributed by atoms with Crippen LogP contribution in [0.2, 0.25) is 0 Å². The molecule has 0 bridgehead atoms. The number of carbonyl (C=O) groups is 4. The Morgan fingerprint density at radius 1 is 0.966 bits per heavy atom. The van der Waals surface area contributed by atoms with Gasteiger partial charge in [0.05, 0.1) is 11.1 Å². The van der Waals surface area contributed by atoms with Crippen molar-refractivity contribution in [2.75, 3.05) is 0 Å². The van der Waals surface area contributed by atoms with E-state index in [-0.39, 0.29) is 17.2 Å². The Hall–Kier alpha value is -3.48. The highest BCUT2D eigenvalue weighted by molar-refractivity contribution is 6.22. The SMILES string of the molecule is C[C@@H](C(=O)O[C@H](C(=O)NC1CC1)c1ccccc1)N1C(=O)c2ccccc2C1=O. The van der Waals surface area contributed by atoms with Crippen molar-refractivity contribution in [2.24, 2.45) is 0 Å². The number of nitrogens with zero attached hydrogens (tertiary/aromatic N) is 1. The number of amides is 3. The lowest BCUT2D eigenvalue weighted by Crippen LogP contribution is -2.45. The Kier molecular flexibility index (Phi) is 4.88. The van der Waals surface area contributed by atoms with Crippen molar-refractivity contribution in [1.29, 1.82) is 0 Å². The first-order valence-electron chi connectivity index (χ1n) is 9.50. The summed E-state index contributed by atoms with van der Waals surface area (Å²) in [5.41, 5.74) is 1.03. The van der Waals surface area contributed by atoms with Crippen molar-refractivity contribution in [2.45, 2.75) is 38.0 Å². The molecule has 2 aromatic carbocycles. The van der Waals surface area contributed by atoms with Crippen LogP contribution in [-0.4, -0.2) is 40.7 Å². The van der Waals surface area contributed by atoms with Crippen LogP contribution in [0.1, 0.15) is 52.1 Å². The summed E-state index contributed by atoms with van der Waals surface area (Å²) in [5.74, 6) is -2.33. The maximum Gasteiger partial charge on any atom is 0.330 e. The van der Waals surface area contributed by atoms with Crippen molar-refractivity contribution < 1.29 is 23.9 Å². The molecule has 2 atom stereocenters. The van der Waals surface area contributed by atoms with Gasteiger partial charge in [-0.2, -0.15) is 0 Å². The van der Waals surface area contributed by atoms with E-state index in [4.69, 9.17) is 4.74 Å². The number of hydrogen-bond acceptors (Lipinski definition) is 5. The highest BCUT2D eigenvalue weighted by Crippen LogP contribution is 2.27.